The number of amides is 1. The minimum absolute atomic E-state index is 0.0763. The minimum Gasteiger partial charge on any atom is -0.345 e. The number of benzene rings is 3. The molecule has 0 bridgehead atoms. The van der Waals surface area contributed by atoms with Crippen molar-refractivity contribution in [3.8, 4) is 0 Å². The van der Waals surface area contributed by atoms with E-state index in [1.807, 2.05) is 42.5 Å². The number of H-pyrrole nitrogens is 1. The zero-order chi connectivity index (χ0) is 21.8. The molecule has 0 saturated carbocycles. The highest BCUT2D eigenvalue weighted by atomic mass is 35.5. The molecule has 0 saturated heterocycles. The number of aromatic amines is 1. The summed E-state index contributed by atoms with van der Waals surface area (Å²) in [5, 5.41) is 4.07. The molecule has 4 aromatic rings. The largest absolute Gasteiger partial charge is 0.345 e. The van der Waals surface area contributed by atoms with Gasteiger partial charge < -0.3 is 5.32 Å². The molecular formula is C24H20ClN3O3. The van der Waals surface area contributed by atoms with Crippen molar-refractivity contribution in [2.45, 2.75) is 19.0 Å². The van der Waals surface area contributed by atoms with Gasteiger partial charge in [0.2, 0.25) is 5.91 Å². The molecule has 3 aromatic carbocycles. The van der Waals surface area contributed by atoms with Crippen molar-refractivity contribution in [1.82, 2.24) is 14.9 Å². The Morgan fingerprint density at radius 1 is 0.903 bits per heavy atom. The van der Waals surface area contributed by atoms with E-state index in [9.17, 15) is 14.4 Å². The van der Waals surface area contributed by atoms with Gasteiger partial charge in [0.25, 0.3) is 5.56 Å². The lowest BCUT2D eigenvalue weighted by molar-refractivity contribution is -0.121. The van der Waals surface area contributed by atoms with Crippen molar-refractivity contribution >= 4 is 28.4 Å². The summed E-state index contributed by atoms with van der Waals surface area (Å²) < 4.78 is 1.41. The Morgan fingerprint density at radius 2 is 1.55 bits per heavy atom. The third kappa shape index (κ3) is 4.59. The van der Waals surface area contributed by atoms with Crippen molar-refractivity contribution in [2.24, 2.45) is 0 Å². The van der Waals surface area contributed by atoms with E-state index in [0.29, 0.717) is 15.9 Å². The van der Waals surface area contributed by atoms with Gasteiger partial charge in [-0.15, -0.1) is 0 Å². The van der Waals surface area contributed by atoms with Gasteiger partial charge in [-0.1, -0.05) is 66.2 Å². The quantitative estimate of drug-likeness (QED) is 0.487. The van der Waals surface area contributed by atoms with Crippen LogP contribution in [-0.2, 0) is 11.3 Å². The first kappa shape index (κ1) is 20.6. The number of rotatable bonds is 6. The SMILES string of the molecule is O=C(CCn1c(=O)[nH]c(=O)c2ccccc21)NC(c1ccccc1)c1ccc(Cl)cc1. The Labute approximate surface area is 183 Å². The Morgan fingerprint density at radius 3 is 2.29 bits per heavy atom. The topological polar surface area (TPSA) is 84.0 Å². The second-order valence-corrected chi connectivity index (χ2v) is 7.58. The predicted octanol–water partition coefficient (Wildman–Crippen LogP) is 3.64. The summed E-state index contributed by atoms with van der Waals surface area (Å²) in [6, 6.07) is 23.4. The molecule has 0 aliphatic carbocycles. The number of para-hydroxylation sites is 1. The van der Waals surface area contributed by atoms with Crippen molar-refractivity contribution < 1.29 is 4.79 Å². The van der Waals surface area contributed by atoms with Crippen LogP contribution in [0.25, 0.3) is 10.9 Å². The third-order valence-corrected chi connectivity index (χ3v) is 5.36. The van der Waals surface area contributed by atoms with Gasteiger partial charge in [0.15, 0.2) is 0 Å². The van der Waals surface area contributed by atoms with E-state index >= 15 is 0 Å². The molecule has 1 unspecified atom stereocenters. The maximum Gasteiger partial charge on any atom is 0.328 e. The first-order chi connectivity index (χ1) is 15.0. The van der Waals surface area contributed by atoms with Crippen molar-refractivity contribution in [1.29, 1.82) is 0 Å². The minimum atomic E-state index is -0.534. The molecular weight excluding hydrogens is 414 g/mol. The maximum atomic E-state index is 12.8. The lowest BCUT2D eigenvalue weighted by Crippen LogP contribution is -2.34. The van der Waals surface area contributed by atoms with Gasteiger partial charge in [0, 0.05) is 18.0 Å². The van der Waals surface area contributed by atoms with Crippen LogP contribution in [0, 0.1) is 0 Å². The van der Waals surface area contributed by atoms with Gasteiger partial charge in [-0.25, -0.2) is 4.79 Å². The van der Waals surface area contributed by atoms with Crippen molar-refractivity contribution in [3.05, 3.63) is 116 Å². The summed E-state index contributed by atoms with van der Waals surface area (Å²) >= 11 is 6.01. The molecule has 2 N–H and O–H groups in total. The van der Waals surface area contributed by atoms with Crippen molar-refractivity contribution in [3.63, 3.8) is 0 Å². The van der Waals surface area contributed by atoms with Crippen LogP contribution in [0.2, 0.25) is 5.02 Å². The van der Waals surface area contributed by atoms with E-state index in [1.54, 1.807) is 36.4 Å². The number of aromatic nitrogens is 2. The second kappa shape index (κ2) is 9.02. The molecule has 0 aliphatic rings. The maximum absolute atomic E-state index is 12.8. The molecule has 1 amide bonds. The number of carbonyl (C=O) groups is 1. The van der Waals surface area contributed by atoms with E-state index in [0.717, 1.165) is 11.1 Å². The number of aryl methyl sites for hydroxylation is 1. The number of hydrogen-bond acceptors (Lipinski definition) is 3. The molecule has 0 fully saturated rings. The van der Waals surface area contributed by atoms with Crippen LogP contribution in [0.15, 0.2) is 88.5 Å². The second-order valence-electron chi connectivity index (χ2n) is 7.14. The average molecular weight is 434 g/mol. The monoisotopic (exact) mass is 433 g/mol. The van der Waals surface area contributed by atoms with E-state index in [4.69, 9.17) is 11.6 Å². The van der Waals surface area contributed by atoms with E-state index in [-0.39, 0.29) is 24.9 Å². The molecule has 0 aliphatic heterocycles. The number of fused-ring (bicyclic) bond motifs is 1. The first-order valence-electron chi connectivity index (χ1n) is 9.84. The lowest BCUT2D eigenvalue weighted by Gasteiger charge is -2.20. The molecule has 31 heavy (non-hydrogen) atoms. The average Bonchev–Trinajstić information content (AvgIpc) is 2.78. The summed E-state index contributed by atoms with van der Waals surface area (Å²) in [6.07, 6.45) is 0.0763. The summed E-state index contributed by atoms with van der Waals surface area (Å²) in [5.74, 6) is -0.217. The molecule has 7 heteroatoms. The fraction of sp³-hybridized carbons (Fsp3) is 0.125. The highest BCUT2D eigenvalue weighted by Crippen LogP contribution is 2.23. The van der Waals surface area contributed by atoms with E-state index in [2.05, 4.69) is 10.3 Å². The van der Waals surface area contributed by atoms with Gasteiger partial charge in [0.05, 0.1) is 16.9 Å². The first-order valence-corrected chi connectivity index (χ1v) is 10.2. The molecule has 0 radical (unpaired) electrons. The molecule has 1 aromatic heterocycles. The Bertz CT molecular complexity index is 1330. The number of nitrogens with one attached hydrogen (secondary N) is 2. The zero-order valence-electron chi connectivity index (χ0n) is 16.5. The number of nitrogens with zero attached hydrogens (tertiary/aromatic N) is 1. The van der Waals surface area contributed by atoms with Gasteiger partial charge >= 0.3 is 5.69 Å². The Hall–Kier alpha value is -3.64. The molecule has 1 heterocycles. The lowest BCUT2D eigenvalue weighted by atomic mass is 9.98. The van der Waals surface area contributed by atoms with Gasteiger partial charge in [-0.05, 0) is 35.4 Å². The molecule has 0 spiro atoms. The van der Waals surface area contributed by atoms with Crippen LogP contribution in [0.1, 0.15) is 23.6 Å². The number of hydrogen-bond donors (Lipinski definition) is 2. The van der Waals surface area contributed by atoms with Crippen LogP contribution in [0.4, 0.5) is 0 Å². The highest BCUT2D eigenvalue weighted by molar-refractivity contribution is 6.30. The fourth-order valence-corrected chi connectivity index (χ4v) is 3.70. The summed E-state index contributed by atoms with van der Waals surface area (Å²) in [6.45, 7) is 0.143. The van der Waals surface area contributed by atoms with Crippen molar-refractivity contribution in [2.75, 3.05) is 0 Å². The van der Waals surface area contributed by atoms with Crippen LogP contribution in [-0.4, -0.2) is 15.5 Å². The fourth-order valence-electron chi connectivity index (χ4n) is 3.57. The molecule has 1 atom stereocenters. The smallest absolute Gasteiger partial charge is 0.328 e. The number of halogens is 1. The summed E-state index contributed by atoms with van der Waals surface area (Å²) in [7, 11) is 0. The van der Waals surface area contributed by atoms with Crippen LogP contribution < -0.4 is 16.6 Å². The van der Waals surface area contributed by atoms with Crippen LogP contribution >= 0.6 is 11.6 Å². The van der Waals surface area contributed by atoms with E-state index < -0.39 is 11.2 Å². The summed E-state index contributed by atoms with van der Waals surface area (Å²) in [4.78, 5) is 39.5. The molecule has 6 nitrogen and oxygen atoms in total. The van der Waals surface area contributed by atoms with E-state index in [1.165, 1.54) is 4.57 Å². The molecule has 4 rings (SSSR count). The van der Waals surface area contributed by atoms with Gasteiger partial charge in [0.1, 0.15) is 0 Å². The standard InChI is InChI=1S/C24H20ClN3O3/c25-18-12-10-17(11-13-18)22(16-6-2-1-3-7-16)26-21(29)14-15-28-20-9-5-4-8-19(20)23(30)27-24(28)31/h1-13,22H,14-15H2,(H,26,29)(H,27,30,31). The Kier molecular flexibility index (Phi) is 6.00. The van der Waals surface area contributed by atoms with Gasteiger partial charge in [-0.3, -0.25) is 19.1 Å². The number of carbonyl (C=O) groups excluding carboxylic acids is 1. The molecule has 156 valence electrons. The summed E-state index contributed by atoms with van der Waals surface area (Å²) in [5.41, 5.74) is 1.36. The normalized spacial score (nSPS) is 11.9. The van der Waals surface area contributed by atoms with Crippen LogP contribution in [0.3, 0.4) is 0 Å². The van der Waals surface area contributed by atoms with Gasteiger partial charge in [-0.2, -0.15) is 0 Å². The Balaban J connectivity index is 1.57. The predicted molar refractivity (Wildman–Crippen MR) is 121 cm³/mol. The zero-order valence-corrected chi connectivity index (χ0v) is 17.3. The third-order valence-electron chi connectivity index (χ3n) is 5.11. The van der Waals surface area contributed by atoms with Crippen LogP contribution in [0.5, 0.6) is 0 Å². The highest BCUT2D eigenvalue weighted by Gasteiger charge is 2.17.